The fourth-order valence-electron chi connectivity index (χ4n) is 1.64. The van der Waals surface area contributed by atoms with Crippen molar-refractivity contribution < 1.29 is 23.8 Å². The van der Waals surface area contributed by atoms with Crippen molar-refractivity contribution in [2.75, 3.05) is 20.8 Å². The molecule has 0 aromatic heterocycles. The summed E-state index contributed by atoms with van der Waals surface area (Å²) in [6.45, 7) is 5.57. The van der Waals surface area contributed by atoms with E-state index in [1.54, 1.807) is 12.1 Å². The number of benzene rings is 1. The van der Waals surface area contributed by atoms with E-state index in [0.29, 0.717) is 17.4 Å². The molecule has 1 atom stereocenters. The first-order valence-electron chi connectivity index (χ1n) is 7.07. The van der Waals surface area contributed by atoms with Crippen LogP contribution in [-0.2, 0) is 9.53 Å². The Bertz CT molecular complexity index is 527. The molecule has 22 heavy (non-hydrogen) atoms. The molecule has 0 saturated carbocycles. The Balaban J connectivity index is 2.64. The molecule has 0 aliphatic carbocycles. The Hall–Kier alpha value is -2.24. The zero-order chi connectivity index (χ0) is 16.7. The summed E-state index contributed by atoms with van der Waals surface area (Å²) in [5.74, 6) is 0.257. The molecule has 1 N–H and O–H groups in total. The lowest BCUT2D eigenvalue weighted by molar-refractivity contribution is -0.125. The van der Waals surface area contributed by atoms with E-state index in [-0.39, 0.29) is 24.1 Å². The minimum absolute atomic E-state index is 0.0155. The number of nitrogens with one attached hydrogen (secondary N) is 1. The molecule has 1 aromatic rings. The van der Waals surface area contributed by atoms with Crippen LogP contribution in [0.25, 0.3) is 0 Å². The summed E-state index contributed by atoms with van der Waals surface area (Å²) >= 11 is 0. The van der Waals surface area contributed by atoms with Gasteiger partial charge in [0.2, 0.25) is 0 Å². The average Bonchev–Trinajstić information content (AvgIpc) is 2.51. The lowest BCUT2D eigenvalue weighted by Gasteiger charge is -2.17. The number of carbonyl (C=O) groups excluding carboxylic acids is 2. The Kier molecular flexibility index (Phi) is 6.69. The Morgan fingerprint density at radius 2 is 1.82 bits per heavy atom. The highest BCUT2D eigenvalue weighted by Crippen LogP contribution is 2.25. The number of hydrogen-bond donors (Lipinski definition) is 1. The van der Waals surface area contributed by atoms with Crippen LogP contribution >= 0.6 is 0 Å². The largest absolute Gasteiger partial charge is 0.497 e. The number of hydrogen-bond acceptors (Lipinski definition) is 5. The fourth-order valence-corrected chi connectivity index (χ4v) is 1.64. The monoisotopic (exact) mass is 309 g/mol. The first-order chi connectivity index (χ1) is 10.4. The molecule has 0 saturated heterocycles. The molecule has 0 heterocycles. The number of esters is 1. The summed E-state index contributed by atoms with van der Waals surface area (Å²) in [5, 5.41) is 2.77. The van der Waals surface area contributed by atoms with Gasteiger partial charge in [0.05, 0.1) is 14.2 Å². The van der Waals surface area contributed by atoms with Crippen LogP contribution in [0.5, 0.6) is 11.5 Å². The first-order valence-corrected chi connectivity index (χ1v) is 7.07. The van der Waals surface area contributed by atoms with Crippen LogP contribution in [0.4, 0.5) is 0 Å². The van der Waals surface area contributed by atoms with Crippen molar-refractivity contribution in [2.24, 2.45) is 5.92 Å². The zero-order valence-electron chi connectivity index (χ0n) is 13.6. The minimum Gasteiger partial charge on any atom is -0.497 e. The van der Waals surface area contributed by atoms with Gasteiger partial charge < -0.3 is 19.5 Å². The van der Waals surface area contributed by atoms with Crippen LogP contribution in [0.15, 0.2) is 18.2 Å². The molecular weight excluding hydrogens is 286 g/mol. The average molecular weight is 309 g/mol. The SMILES string of the molecule is COc1ccc(C(=O)OCC(=O)N[C@@H](C)C(C)C)c(OC)c1. The van der Waals surface area contributed by atoms with Crippen LogP contribution in [0.2, 0.25) is 0 Å². The van der Waals surface area contributed by atoms with Crippen molar-refractivity contribution in [3.63, 3.8) is 0 Å². The number of ether oxygens (including phenoxy) is 3. The van der Waals surface area contributed by atoms with Crippen LogP contribution in [0, 0.1) is 5.92 Å². The summed E-state index contributed by atoms with van der Waals surface area (Å²) in [6, 6.07) is 4.76. The van der Waals surface area contributed by atoms with E-state index >= 15 is 0 Å². The molecule has 0 spiro atoms. The number of carbonyl (C=O) groups is 2. The summed E-state index contributed by atoms with van der Waals surface area (Å²) in [6.07, 6.45) is 0. The Morgan fingerprint density at radius 3 is 2.36 bits per heavy atom. The van der Waals surface area contributed by atoms with E-state index in [1.165, 1.54) is 20.3 Å². The van der Waals surface area contributed by atoms with E-state index in [1.807, 2.05) is 20.8 Å². The molecule has 0 aliphatic rings. The standard InChI is InChI=1S/C16H23NO5/c1-10(2)11(3)17-15(18)9-22-16(19)13-7-6-12(20-4)8-14(13)21-5/h6-8,10-11H,9H2,1-5H3,(H,17,18)/t11-/m0/s1. The van der Waals surface area contributed by atoms with Gasteiger partial charge in [0, 0.05) is 12.1 Å². The third kappa shape index (κ3) is 4.95. The van der Waals surface area contributed by atoms with Gasteiger partial charge in [-0.3, -0.25) is 4.79 Å². The van der Waals surface area contributed by atoms with E-state index in [9.17, 15) is 9.59 Å². The quantitative estimate of drug-likeness (QED) is 0.780. The third-order valence-corrected chi connectivity index (χ3v) is 3.35. The van der Waals surface area contributed by atoms with E-state index < -0.39 is 5.97 Å². The smallest absolute Gasteiger partial charge is 0.342 e. The summed E-state index contributed by atoms with van der Waals surface area (Å²) in [5.41, 5.74) is 0.244. The molecule has 6 nitrogen and oxygen atoms in total. The normalized spacial score (nSPS) is 11.7. The summed E-state index contributed by atoms with van der Waals surface area (Å²) in [7, 11) is 2.97. The predicted molar refractivity (Wildman–Crippen MR) is 82.3 cm³/mol. The molecule has 0 bridgehead atoms. The van der Waals surface area contributed by atoms with Gasteiger partial charge in [0.15, 0.2) is 6.61 Å². The molecule has 122 valence electrons. The maximum Gasteiger partial charge on any atom is 0.342 e. The molecule has 1 amide bonds. The zero-order valence-corrected chi connectivity index (χ0v) is 13.6. The Labute approximate surface area is 130 Å². The van der Waals surface area contributed by atoms with Crippen molar-refractivity contribution >= 4 is 11.9 Å². The highest BCUT2D eigenvalue weighted by Gasteiger charge is 2.17. The number of methoxy groups -OCH3 is 2. The second kappa shape index (κ2) is 8.26. The van der Waals surface area contributed by atoms with Crippen molar-refractivity contribution in [2.45, 2.75) is 26.8 Å². The third-order valence-electron chi connectivity index (χ3n) is 3.35. The number of rotatable bonds is 7. The van der Waals surface area contributed by atoms with Crippen LogP contribution in [0.1, 0.15) is 31.1 Å². The van der Waals surface area contributed by atoms with Gasteiger partial charge >= 0.3 is 5.97 Å². The fraction of sp³-hybridized carbons (Fsp3) is 0.500. The van der Waals surface area contributed by atoms with Crippen molar-refractivity contribution in [1.82, 2.24) is 5.32 Å². The molecule has 0 radical (unpaired) electrons. The molecule has 0 unspecified atom stereocenters. The van der Waals surface area contributed by atoms with Gasteiger partial charge in [0.25, 0.3) is 5.91 Å². The van der Waals surface area contributed by atoms with Crippen molar-refractivity contribution in [3.8, 4) is 11.5 Å². The highest BCUT2D eigenvalue weighted by atomic mass is 16.5. The van der Waals surface area contributed by atoms with Crippen LogP contribution in [-0.4, -0.2) is 38.7 Å². The lowest BCUT2D eigenvalue weighted by Crippen LogP contribution is -2.38. The minimum atomic E-state index is -0.619. The molecular formula is C16H23NO5. The van der Waals surface area contributed by atoms with E-state index in [0.717, 1.165) is 0 Å². The van der Waals surface area contributed by atoms with Crippen molar-refractivity contribution in [1.29, 1.82) is 0 Å². The highest BCUT2D eigenvalue weighted by molar-refractivity contribution is 5.94. The van der Waals surface area contributed by atoms with Gasteiger partial charge in [-0.2, -0.15) is 0 Å². The van der Waals surface area contributed by atoms with Gasteiger partial charge in [0.1, 0.15) is 17.1 Å². The van der Waals surface area contributed by atoms with Crippen molar-refractivity contribution in [3.05, 3.63) is 23.8 Å². The Morgan fingerprint density at radius 1 is 1.14 bits per heavy atom. The van der Waals surface area contributed by atoms with E-state index in [4.69, 9.17) is 14.2 Å². The maximum absolute atomic E-state index is 12.0. The van der Waals surface area contributed by atoms with Gasteiger partial charge in [-0.15, -0.1) is 0 Å². The molecule has 1 aromatic carbocycles. The second-order valence-electron chi connectivity index (χ2n) is 5.24. The lowest BCUT2D eigenvalue weighted by atomic mass is 10.1. The number of amides is 1. The van der Waals surface area contributed by atoms with Crippen LogP contribution < -0.4 is 14.8 Å². The van der Waals surface area contributed by atoms with Crippen LogP contribution in [0.3, 0.4) is 0 Å². The molecule has 1 rings (SSSR count). The van der Waals surface area contributed by atoms with Gasteiger partial charge in [-0.25, -0.2) is 4.79 Å². The predicted octanol–water partition coefficient (Wildman–Crippen LogP) is 2.02. The molecule has 6 heteroatoms. The summed E-state index contributed by atoms with van der Waals surface area (Å²) in [4.78, 5) is 23.7. The second-order valence-corrected chi connectivity index (χ2v) is 5.24. The maximum atomic E-state index is 12.0. The molecule has 0 aliphatic heterocycles. The first kappa shape index (κ1) is 17.8. The van der Waals surface area contributed by atoms with Gasteiger partial charge in [-0.1, -0.05) is 13.8 Å². The van der Waals surface area contributed by atoms with E-state index in [2.05, 4.69) is 5.32 Å². The molecule has 0 fully saturated rings. The summed E-state index contributed by atoms with van der Waals surface area (Å²) < 4.78 is 15.2. The van der Waals surface area contributed by atoms with Gasteiger partial charge in [-0.05, 0) is 25.0 Å². The topological polar surface area (TPSA) is 73.9 Å².